The first kappa shape index (κ1) is 16.1. The molecule has 3 N–H and O–H groups in total. The van der Waals surface area contributed by atoms with Gasteiger partial charge in [0.25, 0.3) is 0 Å². The largest absolute Gasteiger partial charge is 0.368 e. The van der Waals surface area contributed by atoms with Crippen molar-refractivity contribution in [2.24, 2.45) is 5.73 Å². The van der Waals surface area contributed by atoms with Crippen molar-refractivity contribution in [2.75, 3.05) is 7.05 Å². The van der Waals surface area contributed by atoms with Crippen molar-refractivity contribution in [2.45, 2.75) is 32.1 Å². The van der Waals surface area contributed by atoms with Crippen LogP contribution in [0.5, 0.6) is 0 Å². The molecule has 24 heavy (non-hydrogen) atoms. The highest BCUT2D eigenvalue weighted by Crippen LogP contribution is 2.24. The second-order valence-electron chi connectivity index (χ2n) is 5.88. The number of benzene rings is 1. The highest BCUT2D eigenvalue weighted by atomic mass is 16.2. The molecule has 0 bridgehead atoms. The molecule has 126 valence electrons. The summed E-state index contributed by atoms with van der Waals surface area (Å²) in [6.07, 6.45) is 2.34. The zero-order valence-corrected chi connectivity index (χ0v) is 13.5. The Morgan fingerprint density at radius 1 is 1.33 bits per heavy atom. The lowest BCUT2D eigenvalue weighted by Crippen LogP contribution is -2.49. The van der Waals surface area contributed by atoms with E-state index in [1.807, 2.05) is 12.1 Å². The average Bonchev–Trinajstić information content (AvgIpc) is 2.99. The molecule has 2 heterocycles. The molecule has 0 saturated heterocycles. The van der Waals surface area contributed by atoms with Gasteiger partial charge in [0.15, 0.2) is 0 Å². The van der Waals surface area contributed by atoms with Gasteiger partial charge in [0.05, 0.1) is 17.9 Å². The molecule has 1 aromatic carbocycles. The SMILES string of the molecule is CNC(=O)[C@@H]1Cc2ccccc2CN1Cc1cn(CC(N)=O)nn1. The van der Waals surface area contributed by atoms with E-state index in [-0.39, 0.29) is 18.5 Å². The Balaban J connectivity index is 1.80. The number of likely N-dealkylation sites (N-methyl/N-ethyl adjacent to an activating group) is 1. The molecule has 8 heteroatoms. The van der Waals surface area contributed by atoms with Crippen molar-refractivity contribution in [3.63, 3.8) is 0 Å². The van der Waals surface area contributed by atoms with E-state index < -0.39 is 5.91 Å². The number of primary amides is 1. The zero-order chi connectivity index (χ0) is 17.1. The van der Waals surface area contributed by atoms with Gasteiger partial charge in [-0.25, -0.2) is 4.68 Å². The maximum absolute atomic E-state index is 12.3. The minimum atomic E-state index is -0.471. The summed E-state index contributed by atoms with van der Waals surface area (Å²) in [7, 11) is 1.64. The first-order valence-corrected chi connectivity index (χ1v) is 7.76. The number of hydrogen-bond acceptors (Lipinski definition) is 5. The van der Waals surface area contributed by atoms with Crippen molar-refractivity contribution in [3.05, 3.63) is 47.3 Å². The van der Waals surface area contributed by atoms with Crippen LogP contribution < -0.4 is 11.1 Å². The van der Waals surface area contributed by atoms with E-state index in [1.165, 1.54) is 15.8 Å². The number of amides is 2. The van der Waals surface area contributed by atoms with E-state index in [0.717, 1.165) is 0 Å². The lowest BCUT2D eigenvalue weighted by molar-refractivity contribution is -0.126. The van der Waals surface area contributed by atoms with Crippen molar-refractivity contribution >= 4 is 11.8 Å². The molecule has 2 aromatic rings. The molecule has 0 radical (unpaired) electrons. The van der Waals surface area contributed by atoms with Crippen LogP contribution in [0.25, 0.3) is 0 Å². The van der Waals surface area contributed by atoms with Crippen molar-refractivity contribution < 1.29 is 9.59 Å². The van der Waals surface area contributed by atoms with Gasteiger partial charge in [-0.05, 0) is 17.5 Å². The predicted molar refractivity (Wildman–Crippen MR) is 86.5 cm³/mol. The third-order valence-electron chi connectivity index (χ3n) is 4.16. The lowest BCUT2D eigenvalue weighted by atomic mass is 9.93. The maximum atomic E-state index is 12.3. The van der Waals surface area contributed by atoms with Crippen molar-refractivity contribution in [3.8, 4) is 0 Å². The summed E-state index contributed by atoms with van der Waals surface area (Å²) in [5, 5.41) is 10.7. The van der Waals surface area contributed by atoms with Crippen LogP contribution in [-0.2, 0) is 35.6 Å². The normalized spacial score (nSPS) is 17.3. The second kappa shape index (κ2) is 6.79. The van der Waals surface area contributed by atoms with Gasteiger partial charge in [-0.1, -0.05) is 29.5 Å². The lowest BCUT2D eigenvalue weighted by Gasteiger charge is -2.35. The van der Waals surface area contributed by atoms with Crippen LogP contribution >= 0.6 is 0 Å². The molecule has 1 aliphatic rings. The fourth-order valence-electron chi connectivity index (χ4n) is 3.02. The number of carbonyl (C=O) groups is 2. The topological polar surface area (TPSA) is 106 Å². The second-order valence-corrected chi connectivity index (χ2v) is 5.88. The Morgan fingerprint density at radius 2 is 2.08 bits per heavy atom. The molecule has 1 aliphatic heterocycles. The molecule has 1 aromatic heterocycles. The zero-order valence-electron chi connectivity index (χ0n) is 13.5. The number of nitrogens with one attached hydrogen (secondary N) is 1. The molecule has 0 unspecified atom stereocenters. The quantitative estimate of drug-likeness (QED) is 0.765. The van der Waals surface area contributed by atoms with Gasteiger partial charge >= 0.3 is 0 Å². The van der Waals surface area contributed by atoms with Gasteiger partial charge in [0.2, 0.25) is 11.8 Å². The Morgan fingerprint density at radius 3 is 2.79 bits per heavy atom. The van der Waals surface area contributed by atoms with E-state index in [0.29, 0.717) is 25.2 Å². The molecular formula is C16H20N6O2. The monoisotopic (exact) mass is 328 g/mol. The number of hydrogen-bond donors (Lipinski definition) is 2. The summed E-state index contributed by atoms with van der Waals surface area (Å²) in [4.78, 5) is 25.3. The van der Waals surface area contributed by atoms with E-state index in [9.17, 15) is 9.59 Å². The summed E-state index contributed by atoms with van der Waals surface area (Å²) in [6.45, 7) is 1.14. The summed E-state index contributed by atoms with van der Waals surface area (Å²) in [6, 6.07) is 7.87. The molecule has 3 rings (SSSR count). The molecule has 0 aliphatic carbocycles. The molecule has 8 nitrogen and oxygen atoms in total. The minimum absolute atomic E-state index is 0.00525. The summed E-state index contributed by atoms with van der Waals surface area (Å²) in [5.74, 6) is -0.490. The summed E-state index contributed by atoms with van der Waals surface area (Å²) in [5.41, 5.74) is 8.26. The number of carbonyl (C=O) groups excluding carboxylic acids is 2. The van der Waals surface area contributed by atoms with Crippen LogP contribution in [0.2, 0.25) is 0 Å². The number of rotatable bonds is 5. The van der Waals surface area contributed by atoms with Crippen molar-refractivity contribution in [1.29, 1.82) is 0 Å². The third kappa shape index (κ3) is 3.43. The van der Waals surface area contributed by atoms with Crippen LogP contribution in [0.3, 0.4) is 0 Å². The molecule has 0 saturated carbocycles. The Kier molecular flexibility index (Phi) is 4.57. The number of nitrogens with zero attached hydrogens (tertiary/aromatic N) is 4. The smallest absolute Gasteiger partial charge is 0.239 e. The first-order chi connectivity index (χ1) is 11.6. The van der Waals surface area contributed by atoms with Gasteiger partial charge in [0, 0.05) is 20.1 Å². The Hall–Kier alpha value is -2.74. The van der Waals surface area contributed by atoms with E-state index in [2.05, 4.69) is 32.7 Å². The van der Waals surface area contributed by atoms with Crippen LogP contribution in [-0.4, -0.2) is 44.8 Å². The average molecular weight is 328 g/mol. The number of fused-ring (bicyclic) bond motifs is 1. The molecule has 2 amide bonds. The van der Waals surface area contributed by atoms with Gasteiger partial charge in [-0.3, -0.25) is 14.5 Å². The summed E-state index contributed by atoms with van der Waals surface area (Å²) < 4.78 is 1.41. The van der Waals surface area contributed by atoms with E-state index in [4.69, 9.17) is 5.73 Å². The third-order valence-corrected chi connectivity index (χ3v) is 4.16. The highest BCUT2D eigenvalue weighted by Gasteiger charge is 2.31. The molecule has 0 spiro atoms. The fraction of sp³-hybridized carbons (Fsp3) is 0.375. The van der Waals surface area contributed by atoms with Crippen LogP contribution in [0.4, 0.5) is 0 Å². The van der Waals surface area contributed by atoms with Crippen molar-refractivity contribution in [1.82, 2.24) is 25.2 Å². The molecule has 1 atom stereocenters. The van der Waals surface area contributed by atoms with Gasteiger partial charge in [-0.15, -0.1) is 5.10 Å². The van der Waals surface area contributed by atoms with E-state index in [1.54, 1.807) is 13.2 Å². The first-order valence-electron chi connectivity index (χ1n) is 7.76. The van der Waals surface area contributed by atoms with Crippen LogP contribution in [0.1, 0.15) is 16.8 Å². The number of aromatic nitrogens is 3. The maximum Gasteiger partial charge on any atom is 0.239 e. The van der Waals surface area contributed by atoms with Crippen LogP contribution in [0, 0.1) is 0 Å². The van der Waals surface area contributed by atoms with Crippen LogP contribution in [0.15, 0.2) is 30.5 Å². The number of nitrogens with two attached hydrogens (primary N) is 1. The fourth-order valence-corrected chi connectivity index (χ4v) is 3.02. The van der Waals surface area contributed by atoms with E-state index >= 15 is 0 Å². The highest BCUT2D eigenvalue weighted by molar-refractivity contribution is 5.82. The Labute approximate surface area is 139 Å². The molecular weight excluding hydrogens is 308 g/mol. The van der Waals surface area contributed by atoms with Gasteiger partial charge in [-0.2, -0.15) is 0 Å². The Bertz CT molecular complexity index is 757. The molecule has 0 fully saturated rings. The van der Waals surface area contributed by atoms with Gasteiger partial charge < -0.3 is 11.1 Å². The standard InChI is InChI=1S/C16H20N6O2/c1-18-16(24)14-6-11-4-2-3-5-12(11)7-21(14)8-13-9-22(20-19-13)10-15(17)23/h2-5,9,14H,6-8,10H2,1H3,(H2,17,23)(H,18,24)/t14-/m0/s1. The van der Waals surface area contributed by atoms with Gasteiger partial charge in [0.1, 0.15) is 6.54 Å². The minimum Gasteiger partial charge on any atom is -0.368 e. The predicted octanol–water partition coefficient (Wildman–Crippen LogP) is -0.564. The summed E-state index contributed by atoms with van der Waals surface area (Å²) >= 11 is 0.